The SMILES string of the molecule is CCCCCCCCCCCCNC(=O)c1ccc(Cl)c(Nc2[nH]n(-c3c(Cl)cc(Cl)cc3Cl)c(=O)c2N=Nc2ccccc2)c1. The first kappa shape index (κ1) is 35.6. The van der Waals surface area contributed by atoms with Crippen molar-refractivity contribution in [2.45, 2.75) is 71.1 Å². The van der Waals surface area contributed by atoms with Gasteiger partial charge in [-0.3, -0.25) is 14.7 Å². The minimum absolute atomic E-state index is 0.0576. The van der Waals surface area contributed by atoms with Gasteiger partial charge in [0.15, 0.2) is 11.5 Å². The van der Waals surface area contributed by atoms with E-state index in [1.165, 1.54) is 63.5 Å². The number of hydrogen-bond acceptors (Lipinski definition) is 5. The van der Waals surface area contributed by atoms with Crippen LogP contribution in [0.25, 0.3) is 5.69 Å². The van der Waals surface area contributed by atoms with E-state index in [4.69, 9.17) is 46.4 Å². The summed E-state index contributed by atoms with van der Waals surface area (Å²) < 4.78 is 1.15. The Balaban J connectivity index is 1.47. The molecule has 1 heterocycles. The molecule has 1 amide bonds. The fourth-order valence-corrected chi connectivity index (χ4v) is 6.08. The topological polar surface area (TPSA) is 104 Å². The minimum atomic E-state index is -0.574. The average molecular weight is 705 g/mol. The largest absolute Gasteiger partial charge is 0.352 e. The first-order valence-electron chi connectivity index (χ1n) is 15.6. The number of anilines is 2. The first-order chi connectivity index (χ1) is 22.3. The van der Waals surface area contributed by atoms with Crippen LogP contribution in [0, 0.1) is 0 Å². The van der Waals surface area contributed by atoms with E-state index < -0.39 is 5.56 Å². The Hall–Kier alpha value is -3.30. The van der Waals surface area contributed by atoms with E-state index in [1.807, 2.05) is 18.2 Å². The summed E-state index contributed by atoms with van der Waals surface area (Å²) in [7, 11) is 0. The van der Waals surface area contributed by atoms with Crippen LogP contribution < -0.4 is 16.2 Å². The smallest absolute Gasteiger partial charge is 0.301 e. The molecule has 0 atom stereocenters. The molecule has 244 valence electrons. The molecule has 0 fully saturated rings. The number of rotatable bonds is 17. The van der Waals surface area contributed by atoms with Crippen molar-refractivity contribution in [1.82, 2.24) is 15.1 Å². The minimum Gasteiger partial charge on any atom is -0.352 e. The molecule has 3 aromatic carbocycles. The van der Waals surface area contributed by atoms with Gasteiger partial charge >= 0.3 is 5.56 Å². The summed E-state index contributed by atoms with van der Waals surface area (Å²) in [4.78, 5) is 26.6. The van der Waals surface area contributed by atoms with Crippen molar-refractivity contribution in [2.24, 2.45) is 10.2 Å². The lowest BCUT2D eigenvalue weighted by Crippen LogP contribution is -2.24. The van der Waals surface area contributed by atoms with Gasteiger partial charge in [-0.15, -0.1) is 5.11 Å². The van der Waals surface area contributed by atoms with E-state index >= 15 is 0 Å². The van der Waals surface area contributed by atoms with Crippen molar-refractivity contribution >= 4 is 75.2 Å². The van der Waals surface area contributed by atoms with Gasteiger partial charge in [0, 0.05) is 17.1 Å². The Bertz CT molecular complexity index is 1660. The van der Waals surface area contributed by atoms with E-state index in [0.717, 1.165) is 17.5 Å². The van der Waals surface area contributed by atoms with Crippen LogP contribution in [-0.2, 0) is 0 Å². The third-order valence-corrected chi connectivity index (χ3v) is 8.52. The lowest BCUT2D eigenvalue weighted by molar-refractivity contribution is 0.0953. The molecular weight excluding hydrogens is 666 g/mol. The molecule has 46 heavy (non-hydrogen) atoms. The van der Waals surface area contributed by atoms with Crippen LogP contribution in [0.1, 0.15) is 81.5 Å². The Labute approximate surface area is 289 Å². The third kappa shape index (κ3) is 10.1. The fourth-order valence-electron chi connectivity index (χ4n) is 4.93. The van der Waals surface area contributed by atoms with E-state index in [2.05, 4.69) is 32.9 Å². The second-order valence-electron chi connectivity index (χ2n) is 11.0. The van der Waals surface area contributed by atoms with Crippen molar-refractivity contribution in [3.63, 3.8) is 0 Å². The molecule has 0 spiro atoms. The normalized spacial score (nSPS) is 11.3. The average Bonchev–Trinajstić information content (AvgIpc) is 3.33. The van der Waals surface area contributed by atoms with Gasteiger partial charge < -0.3 is 10.6 Å². The van der Waals surface area contributed by atoms with Crippen molar-refractivity contribution in [2.75, 3.05) is 11.9 Å². The number of halogens is 4. The number of nitrogens with one attached hydrogen (secondary N) is 3. The number of unbranched alkanes of at least 4 members (excludes halogenated alkanes) is 9. The summed E-state index contributed by atoms with van der Waals surface area (Å²) in [5.74, 6) is -0.0537. The molecule has 0 unspecified atom stereocenters. The molecule has 0 aliphatic rings. The predicted molar refractivity (Wildman–Crippen MR) is 191 cm³/mol. The van der Waals surface area contributed by atoms with Crippen LogP contribution in [0.15, 0.2) is 75.7 Å². The zero-order valence-electron chi connectivity index (χ0n) is 25.7. The Kier molecular flexibility index (Phi) is 14.0. The molecule has 4 rings (SSSR count). The second kappa shape index (κ2) is 18.1. The summed E-state index contributed by atoms with van der Waals surface area (Å²) in [6.45, 7) is 2.82. The molecule has 0 aliphatic carbocycles. The third-order valence-electron chi connectivity index (χ3n) is 7.40. The Morgan fingerprint density at radius 1 is 0.783 bits per heavy atom. The highest BCUT2D eigenvalue weighted by atomic mass is 35.5. The number of amides is 1. The number of aromatic nitrogens is 2. The van der Waals surface area contributed by atoms with Gasteiger partial charge in [-0.25, -0.2) is 4.68 Å². The maximum atomic E-state index is 13.6. The van der Waals surface area contributed by atoms with Gasteiger partial charge in [-0.1, -0.05) is 129 Å². The van der Waals surface area contributed by atoms with E-state index in [0.29, 0.717) is 33.5 Å². The molecule has 0 saturated carbocycles. The van der Waals surface area contributed by atoms with Gasteiger partial charge in [0.2, 0.25) is 0 Å². The van der Waals surface area contributed by atoms with Gasteiger partial charge in [0.1, 0.15) is 5.69 Å². The van der Waals surface area contributed by atoms with Crippen molar-refractivity contribution in [3.8, 4) is 5.69 Å². The van der Waals surface area contributed by atoms with E-state index in [9.17, 15) is 9.59 Å². The fraction of sp³-hybridized carbons (Fsp3) is 0.353. The van der Waals surface area contributed by atoms with Crippen molar-refractivity contribution in [1.29, 1.82) is 0 Å². The van der Waals surface area contributed by atoms with Crippen LogP contribution in [0.4, 0.5) is 22.9 Å². The highest BCUT2D eigenvalue weighted by Gasteiger charge is 2.21. The van der Waals surface area contributed by atoms with Gasteiger partial charge in [-0.05, 0) is 48.9 Å². The predicted octanol–water partition coefficient (Wildman–Crippen LogP) is 11.6. The summed E-state index contributed by atoms with van der Waals surface area (Å²) in [6, 6.07) is 16.8. The van der Waals surface area contributed by atoms with Crippen LogP contribution >= 0.6 is 46.4 Å². The molecule has 4 aromatic rings. The summed E-state index contributed by atoms with van der Waals surface area (Å²) in [5.41, 5.74) is 0.895. The highest BCUT2D eigenvalue weighted by molar-refractivity contribution is 6.40. The van der Waals surface area contributed by atoms with Gasteiger partial charge in [0.05, 0.1) is 26.4 Å². The standard InChI is InChI=1S/C34H38Cl4N6O2/c1-2-3-4-5-6-7-8-9-10-14-19-39-33(45)23-17-18-26(36)29(20-23)40-32-30(42-41-25-15-12-11-13-16-25)34(46)44(43-32)31-27(37)21-24(35)22-28(31)38/h11-13,15-18,20-22,40,43H,2-10,14,19H2,1H3,(H,39,45). The van der Waals surface area contributed by atoms with E-state index in [-0.39, 0.29) is 33.1 Å². The number of hydrogen-bond donors (Lipinski definition) is 3. The molecular formula is C34H38Cl4N6O2. The molecule has 0 bridgehead atoms. The second-order valence-corrected chi connectivity index (χ2v) is 12.6. The lowest BCUT2D eigenvalue weighted by Gasteiger charge is -2.11. The number of carbonyl (C=O) groups excluding carboxylic acids is 1. The zero-order chi connectivity index (χ0) is 32.9. The van der Waals surface area contributed by atoms with Crippen LogP contribution in [0.2, 0.25) is 20.1 Å². The monoisotopic (exact) mass is 702 g/mol. The molecule has 0 radical (unpaired) electrons. The number of azo groups is 1. The van der Waals surface area contributed by atoms with Crippen LogP contribution in [0.5, 0.6) is 0 Å². The van der Waals surface area contributed by atoms with Gasteiger partial charge in [-0.2, -0.15) is 5.11 Å². The van der Waals surface area contributed by atoms with Gasteiger partial charge in [0.25, 0.3) is 5.91 Å². The summed E-state index contributed by atoms with van der Waals surface area (Å²) >= 11 is 25.5. The van der Waals surface area contributed by atoms with Crippen molar-refractivity contribution < 1.29 is 4.79 Å². The highest BCUT2D eigenvalue weighted by Crippen LogP contribution is 2.35. The molecule has 12 heteroatoms. The molecule has 3 N–H and O–H groups in total. The number of carbonyl (C=O) groups is 1. The maximum absolute atomic E-state index is 13.6. The lowest BCUT2D eigenvalue weighted by atomic mass is 10.1. The molecule has 0 aliphatic heterocycles. The maximum Gasteiger partial charge on any atom is 0.301 e. The number of benzene rings is 3. The van der Waals surface area contributed by atoms with E-state index in [1.54, 1.807) is 30.3 Å². The quantitative estimate of drug-likeness (QED) is 0.0753. The zero-order valence-corrected chi connectivity index (χ0v) is 28.7. The Morgan fingerprint density at radius 2 is 1.41 bits per heavy atom. The van der Waals surface area contributed by atoms with Crippen molar-refractivity contribution in [3.05, 3.63) is 96.7 Å². The summed E-state index contributed by atoms with van der Waals surface area (Å²) in [6.07, 6.45) is 12.3. The van der Waals surface area contributed by atoms with Crippen LogP contribution in [0.3, 0.4) is 0 Å². The molecule has 0 saturated heterocycles. The number of aromatic amines is 1. The summed E-state index contributed by atoms with van der Waals surface area (Å²) in [5, 5.41) is 18.5. The number of nitrogens with zero attached hydrogens (tertiary/aromatic N) is 3. The Morgan fingerprint density at radius 3 is 2.07 bits per heavy atom. The molecule has 1 aromatic heterocycles. The molecule has 8 nitrogen and oxygen atoms in total. The number of H-pyrrole nitrogens is 1. The van der Waals surface area contributed by atoms with Crippen LogP contribution in [-0.4, -0.2) is 22.2 Å². The first-order valence-corrected chi connectivity index (χ1v) is 17.1.